The minimum Gasteiger partial charge on any atom is -0.294 e. The van der Waals surface area contributed by atoms with Crippen LogP contribution in [0, 0.1) is 5.41 Å². The number of benzene rings is 1. The van der Waals surface area contributed by atoms with Crippen molar-refractivity contribution in [3.63, 3.8) is 0 Å². The quantitative estimate of drug-likeness (QED) is 0.452. The lowest BCUT2D eigenvalue weighted by atomic mass is 9.87. The molecule has 0 radical (unpaired) electrons. The Hall–Kier alpha value is -1.11. The van der Waals surface area contributed by atoms with E-state index in [-0.39, 0.29) is 11.2 Å². The number of hydrogen-bond donors (Lipinski definition) is 0. The van der Waals surface area contributed by atoms with Crippen LogP contribution in [0.15, 0.2) is 30.3 Å². The highest BCUT2D eigenvalue weighted by molar-refractivity contribution is 5.99. The lowest BCUT2D eigenvalue weighted by Gasteiger charge is -2.16. The molecule has 1 heteroatoms. The summed E-state index contributed by atoms with van der Waals surface area (Å²) in [6.45, 7) is 14.3. The predicted molar refractivity (Wildman–Crippen MR) is 91.4 cm³/mol. The van der Waals surface area contributed by atoms with Crippen molar-refractivity contribution in [1.82, 2.24) is 0 Å². The van der Waals surface area contributed by atoms with Gasteiger partial charge in [-0.3, -0.25) is 4.79 Å². The first kappa shape index (κ1) is 21.2. The summed E-state index contributed by atoms with van der Waals surface area (Å²) < 4.78 is 0. The molecule has 0 N–H and O–H groups in total. The van der Waals surface area contributed by atoms with Gasteiger partial charge in [-0.15, -0.1) is 0 Å². The first-order valence-electron chi connectivity index (χ1n) is 8.03. The fourth-order valence-corrected chi connectivity index (χ4v) is 1.52. The molecule has 0 saturated heterocycles. The van der Waals surface area contributed by atoms with E-state index in [0.29, 0.717) is 0 Å². The van der Waals surface area contributed by atoms with Crippen LogP contribution in [0.25, 0.3) is 0 Å². The Morgan fingerprint density at radius 1 is 0.900 bits per heavy atom. The molecule has 20 heavy (non-hydrogen) atoms. The first-order valence-corrected chi connectivity index (χ1v) is 8.03. The fraction of sp³-hybridized carbons (Fsp3) is 0.632. The van der Waals surface area contributed by atoms with E-state index < -0.39 is 0 Å². The van der Waals surface area contributed by atoms with Crippen LogP contribution in [-0.4, -0.2) is 5.78 Å². The highest BCUT2D eigenvalue weighted by Crippen LogP contribution is 2.19. The third-order valence-corrected chi connectivity index (χ3v) is 2.67. The molecular weight excluding hydrogens is 244 g/mol. The largest absolute Gasteiger partial charge is 0.294 e. The summed E-state index contributed by atoms with van der Waals surface area (Å²) in [5, 5.41) is 0. The van der Waals surface area contributed by atoms with Gasteiger partial charge in [0, 0.05) is 11.0 Å². The van der Waals surface area contributed by atoms with Crippen LogP contribution in [0.5, 0.6) is 0 Å². The first-order chi connectivity index (χ1) is 9.43. The Balaban J connectivity index is 0. The van der Waals surface area contributed by atoms with Gasteiger partial charge in [0.1, 0.15) is 0 Å². The number of rotatable bonds is 4. The summed E-state index contributed by atoms with van der Waals surface area (Å²) in [4.78, 5) is 11.7. The Kier molecular flexibility index (Phi) is 13.7. The molecule has 0 bridgehead atoms. The van der Waals surface area contributed by atoms with Crippen LogP contribution in [0.4, 0.5) is 0 Å². The molecule has 0 aliphatic carbocycles. The molecule has 1 aromatic rings. The number of hydrogen-bond acceptors (Lipinski definition) is 1. The van der Waals surface area contributed by atoms with Crippen LogP contribution in [0.1, 0.15) is 84.5 Å². The standard InChI is InChI=1S/C11H14O.C6H14.C2H6/c1-11(2,3)10(12)9-7-5-4-6-8-9;1-3-5-6-4-2;1-2/h4-8H,1-3H3;3-6H2,1-2H3;1-2H3. The Morgan fingerprint density at radius 2 is 1.30 bits per heavy atom. The van der Waals surface area contributed by atoms with Crippen molar-refractivity contribution < 1.29 is 4.79 Å². The summed E-state index contributed by atoms with van der Waals surface area (Å²) in [5.74, 6) is 0.197. The average Bonchev–Trinajstić information content (AvgIpc) is 2.47. The van der Waals surface area contributed by atoms with Gasteiger partial charge in [0.05, 0.1) is 0 Å². The average molecular weight is 278 g/mol. The molecule has 0 saturated carbocycles. The molecule has 0 spiro atoms. The molecule has 0 fully saturated rings. The Morgan fingerprint density at radius 3 is 1.60 bits per heavy atom. The third kappa shape index (κ3) is 10.8. The van der Waals surface area contributed by atoms with E-state index in [1.54, 1.807) is 0 Å². The molecule has 0 aliphatic rings. The van der Waals surface area contributed by atoms with Crippen molar-refractivity contribution in [2.24, 2.45) is 5.41 Å². The molecular formula is C19H34O. The van der Waals surface area contributed by atoms with Crippen molar-refractivity contribution in [3.05, 3.63) is 35.9 Å². The second-order valence-electron chi connectivity index (χ2n) is 5.65. The highest BCUT2D eigenvalue weighted by atomic mass is 16.1. The molecule has 1 rings (SSSR count). The smallest absolute Gasteiger partial charge is 0.168 e. The molecule has 1 nitrogen and oxygen atoms in total. The Labute approximate surface area is 126 Å². The summed E-state index contributed by atoms with van der Waals surface area (Å²) in [5.41, 5.74) is 0.520. The van der Waals surface area contributed by atoms with Gasteiger partial charge in [0.2, 0.25) is 0 Å². The van der Waals surface area contributed by atoms with E-state index in [2.05, 4.69) is 13.8 Å². The highest BCUT2D eigenvalue weighted by Gasteiger charge is 2.21. The van der Waals surface area contributed by atoms with E-state index in [4.69, 9.17) is 0 Å². The number of unbranched alkanes of at least 4 members (excludes halogenated alkanes) is 3. The zero-order valence-corrected chi connectivity index (χ0v) is 14.6. The third-order valence-electron chi connectivity index (χ3n) is 2.67. The van der Waals surface area contributed by atoms with Crippen LogP contribution < -0.4 is 0 Å². The molecule has 116 valence electrons. The summed E-state index contributed by atoms with van der Waals surface area (Å²) >= 11 is 0. The van der Waals surface area contributed by atoms with Crippen LogP contribution in [0.3, 0.4) is 0 Å². The SMILES string of the molecule is CC.CC(C)(C)C(=O)c1ccccc1.CCCCCC. The molecule has 0 unspecified atom stereocenters. The number of Topliss-reactive ketones (excluding diaryl/α,β-unsaturated/α-hetero) is 1. The number of carbonyl (C=O) groups is 1. The van der Waals surface area contributed by atoms with E-state index in [9.17, 15) is 4.79 Å². The zero-order valence-electron chi connectivity index (χ0n) is 14.6. The van der Waals surface area contributed by atoms with Crippen molar-refractivity contribution in [2.75, 3.05) is 0 Å². The van der Waals surface area contributed by atoms with Crippen molar-refractivity contribution in [3.8, 4) is 0 Å². The van der Waals surface area contributed by atoms with Gasteiger partial charge < -0.3 is 0 Å². The maximum absolute atomic E-state index is 11.7. The van der Waals surface area contributed by atoms with E-state index >= 15 is 0 Å². The maximum Gasteiger partial charge on any atom is 0.168 e. The van der Waals surface area contributed by atoms with E-state index in [1.807, 2.05) is 65.0 Å². The van der Waals surface area contributed by atoms with Crippen LogP contribution >= 0.6 is 0 Å². The van der Waals surface area contributed by atoms with Crippen molar-refractivity contribution >= 4 is 5.78 Å². The van der Waals surface area contributed by atoms with Gasteiger partial charge in [-0.05, 0) is 0 Å². The van der Waals surface area contributed by atoms with Gasteiger partial charge >= 0.3 is 0 Å². The van der Waals surface area contributed by atoms with Crippen molar-refractivity contribution in [2.45, 2.75) is 74.1 Å². The minimum absolute atomic E-state index is 0.197. The molecule has 0 amide bonds. The van der Waals surface area contributed by atoms with E-state index in [1.165, 1.54) is 25.7 Å². The van der Waals surface area contributed by atoms with Crippen LogP contribution in [-0.2, 0) is 0 Å². The minimum atomic E-state index is -0.276. The summed E-state index contributed by atoms with van der Waals surface area (Å²) in [6.07, 6.45) is 5.54. The second kappa shape index (κ2) is 12.9. The topological polar surface area (TPSA) is 17.1 Å². The van der Waals surface area contributed by atoms with Gasteiger partial charge in [-0.25, -0.2) is 0 Å². The lowest BCUT2D eigenvalue weighted by molar-refractivity contribution is 0.0858. The van der Waals surface area contributed by atoms with Gasteiger partial charge in [0.25, 0.3) is 0 Å². The Bertz CT molecular complexity index is 315. The second-order valence-corrected chi connectivity index (χ2v) is 5.65. The fourth-order valence-electron chi connectivity index (χ4n) is 1.52. The summed E-state index contributed by atoms with van der Waals surface area (Å²) in [6, 6.07) is 9.40. The number of ketones is 1. The molecule has 1 aromatic carbocycles. The van der Waals surface area contributed by atoms with Crippen LogP contribution in [0.2, 0.25) is 0 Å². The lowest BCUT2D eigenvalue weighted by Crippen LogP contribution is -2.19. The zero-order chi connectivity index (χ0) is 16.0. The normalized spacial score (nSPS) is 9.75. The van der Waals surface area contributed by atoms with Gasteiger partial charge in [-0.1, -0.05) is 104 Å². The maximum atomic E-state index is 11.7. The van der Waals surface area contributed by atoms with E-state index in [0.717, 1.165) is 5.56 Å². The van der Waals surface area contributed by atoms with Crippen molar-refractivity contribution in [1.29, 1.82) is 0 Å². The molecule has 0 atom stereocenters. The monoisotopic (exact) mass is 278 g/mol. The summed E-state index contributed by atoms with van der Waals surface area (Å²) in [7, 11) is 0. The van der Waals surface area contributed by atoms with Gasteiger partial charge in [0.15, 0.2) is 5.78 Å². The molecule has 0 aromatic heterocycles. The molecule has 0 aliphatic heterocycles. The number of carbonyl (C=O) groups excluding carboxylic acids is 1. The predicted octanol–water partition coefficient (Wildman–Crippen LogP) is 6.53. The molecule has 0 heterocycles. The van der Waals surface area contributed by atoms with Gasteiger partial charge in [-0.2, -0.15) is 0 Å².